The number of amides is 2. The van der Waals surface area contributed by atoms with E-state index in [4.69, 9.17) is 10.2 Å². The maximum Gasteiger partial charge on any atom is 0.244 e. The monoisotopic (exact) mass is 250 g/mol. The molecule has 0 aliphatic rings. The molecule has 1 atom stereocenters. The van der Waals surface area contributed by atoms with Gasteiger partial charge in [0.1, 0.15) is 11.8 Å². The number of hydrogen-bond donors (Lipinski definition) is 2. The van der Waals surface area contributed by atoms with Crippen LogP contribution in [-0.4, -0.2) is 17.9 Å². The molecule has 0 fully saturated rings. The highest BCUT2D eigenvalue weighted by atomic mass is 16.3. The van der Waals surface area contributed by atoms with Crippen molar-refractivity contribution in [3.63, 3.8) is 0 Å². The molecule has 3 N–H and O–H groups in total. The van der Waals surface area contributed by atoms with Crippen LogP contribution >= 0.6 is 0 Å². The minimum Gasteiger partial charge on any atom is -0.465 e. The molecule has 0 aliphatic carbocycles. The zero-order chi connectivity index (χ0) is 13.5. The van der Waals surface area contributed by atoms with Gasteiger partial charge in [-0.05, 0) is 30.5 Å². The van der Waals surface area contributed by atoms with Crippen molar-refractivity contribution in [2.75, 3.05) is 0 Å². The van der Waals surface area contributed by atoms with Crippen molar-refractivity contribution in [3.8, 4) is 0 Å². The summed E-state index contributed by atoms with van der Waals surface area (Å²) in [7, 11) is 0. The highest BCUT2D eigenvalue weighted by Gasteiger charge is 2.17. The maximum absolute atomic E-state index is 11.6. The Kier molecular flexibility index (Phi) is 5.17. The molecule has 1 aromatic rings. The average Bonchev–Trinajstić information content (AvgIpc) is 2.77. The fourth-order valence-electron chi connectivity index (χ4n) is 1.48. The molecule has 0 aromatic carbocycles. The van der Waals surface area contributed by atoms with Crippen molar-refractivity contribution in [1.29, 1.82) is 0 Å². The molecule has 0 unspecified atom stereocenters. The van der Waals surface area contributed by atoms with Gasteiger partial charge >= 0.3 is 0 Å². The molecule has 1 heterocycles. The highest BCUT2D eigenvalue weighted by molar-refractivity contribution is 5.94. The van der Waals surface area contributed by atoms with Crippen LogP contribution in [0.4, 0.5) is 0 Å². The first kappa shape index (κ1) is 14.0. The molecule has 5 nitrogen and oxygen atoms in total. The maximum atomic E-state index is 11.6. The Bertz CT molecular complexity index is 421. The summed E-state index contributed by atoms with van der Waals surface area (Å²) in [6, 6.07) is 2.81. The number of furan rings is 1. The van der Waals surface area contributed by atoms with Gasteiger partial charge in [-0.2, -0.15) is 0 Å². The number of nitrogens with one attached hydrogen (secondary N) is 1. The fourth-order valence-corrected chi connectivity index (χ4v) is 1.48. The Morgan fingerprint density at radius 2 is 2.22 bits per heavy atom. The van der Waals surface area contributed by atoms with Gasteiger partial charge in [0.25, 0.3) is 0 Å². The molecule has 0 saturated heterocycles. The van der Waals surface area contributed by atoms with Crippen molar-refractivity contribution in [3.05, 3.63) is 30.2 Å². The van der Waals surface area contributed by atoms with E-state index in [0.717, 1.165) is 0 Å². The van der Waals surface area contributed by atoms with Gasteiger partial charge in [-0.3, -0.25) is 9.59 Å². The Morgan fingerprint density at radius 1 is 1.50 bits per heavy atom. The second-order valence-corrected chi connectivity index (χ2v) is 4.44. The van der Waals surface area contributed by atoms with Crippen molar-refractivity contribution in [2.24, 2.45) is 11.7 Å². The predicted octanol–water partition coefficient (Wildman–Crippen LogP) is 1.31. The van der Waals surface area contributed by atoms with E-state index in [1.165, 1.54) is 18.4 Å². The number of carbonyl (C=O) groups is 2. The van der Waals surface area contributed by atoms with E-state index in [9.17, 15) is 9.59 Å². The fraction of sp³-hybridized carbons (Fsp3) is 0.385. The first-order chi connectivity index (χ1) is 8.49. The Hall–Kier alpha value is -2.04. The molecule has 1 aromatic heterocycles. The third kappa shape index (κ3) is 4.86. The van der Waals surface area contributed by atoms with E-state index in [1.807, 2.05) is 13.8 Å². The van der Waals surface area contributed by atoms with E-state index in [2.05, 4.69) is 5.32 Å². The molecule has 2 amide bonds. The zero-order valence-corrected chi connectivity index (χ0v) is 10.6. The third-order valence-corrected chi connectivity index (χ3v) is 2.31. The van der Waals surface area contributed by atoms with Gasteiger partial charge in [0.2, 0.25) is 11.8 Å². The van der Waals surface area contributed by atoms with Crippen LogP contribution in [0.5, 0.6) is 0 Å². The van der Waals surface area contributed by atoms with Crippen LogP contribution in [-0.2, 0) is 9.59 Å². The minimum atomic E-state index is -0.640. The van der Waals surface area contributed by atoms with Crippen LogP contribution in [0, 0.1) is 5.92 Å². The van der Waals surface area contributed by atoms with Gasteiger partial charge in [-0.1, -0.05) is 13.8 Å². The first-order valence-electron chi connectivity index (χ1n) is 5.80. The molecule has 5 heteroatoms. The van der Waals surface area contributed by atoms with E-state index in [1.54, 1.807) is 12.1 Å². The van der Waals surface area contributed by atoms with Crippen LogP contribution in [0.2, 0.25) is 0 Å². The lowest BCUT2D eigenvalue weighted by Crippen LogP contribution is -2.44. The summed E-state index contributed by atoms with van der Waals surface area (Å²) < 4.78 is 5.04. The lowest BCUT2D eigenvalue weighted by atomic mass is 10.0. The molecule has 0 saturated carbocycles. The van der Waals surface area contributed by atoms with Crippen molar-refractivity contribution < 1.29 is 14.0 Å². The number of carbonyl (C=O) groups excluding carboxylic acids is 2. The largest absolute Gasteiger partial charge is 0.465 e. The Balaban J connectivity index is 2.53. The second-order valence-electron chi connectivity index (χ2n) is 4.44. The smallest absolute Gasteiger partial charge is 0.244 e. The van der Waals surface area contributed by atoms with Crippen molar-refractivity contribution >= 4 is 17.9 Å². The lowest BCUT2D eigenvalue weighted by molar-refractivity contribution is -0.125. The molecule has 98 valence electrons. The minimum absolute atomic E-state index is 0.275. The SMILES string of the molecule is CC(C)C[C@H](NC(=O)C=Cc1ccco1)C(N)=O. The van der Waals surface area contributed by atoms with Crippen LogP contribution < -0.4 is 11.1 Å². The van der Waals surface area contributed by atoms with Crippen LogP contribution in [0.15, 0.2) is 28.9 Å². The summed E-state index contributed by atoms with van der Waals surface area (Å²) in [5, 5.41) is 2.57. The summed E-state index contributed by atoms with van der Waals surface area (Å²) in [5.74, 6) is -0.0409. The predicted molar refractivity (Wildman–Crippen MR) is 68.3 cm³/mol. The average molecular weight is 250 g/mol. The molecular formula is C13H18N2O3. The van der Waals surface area contributed by atoms with E-state index < -0.39 is 11.9 Å². The lowest BCUT2D eigenvalue weighted by Gasteiger charge is -2.16. The molecule has 1 rings (SSSR count). The third-order valence-electron chi connectivity index (χ3n) is 2.31. The molecular weight excluding hydrogens is 232 g/mol. The van der Waals surface area contributed by atoms with E-state index in [-0.39, 0.29) is 11.8 Å². The number of rotatable bonds is 6. The van der Waals surface area contributed by atoms with Crippen LogP contribution in [0.1, 0.15) is 26.0 Å². The topological polar surface area (TPSA) is 85.3 Å². The van der Waals surface area contributed by atoms with E-state index in [0.29, 0.717) is 12.2 Å². The number of hydrogen-bond acceptors (Lipinski definition) is 3. The standard InChI is InChI=1S/C13H18N2O3/c1-9(2)8-11(13(14)17)15-12(16)6-5-10-4-3-7-18-10/h3-7,9,11H,8H2,1-2H3,(H2,14,17)(H,15,16)/t11-/m0/s1. The van der Waals surface area contributed by atoms with Gasteiger partial charge in [0.05, 0.1) is 6.26 Å². The summed E-state index contributed by atoms with van der Waals surface area (Å²) >= 11 is 0. The molecule has 18 heavy (non-hydrogen) atoms. The normalized spacial score (nSPS) is 12.8. The molecule has 0 spiro atoms. The Labute approximate surface area is 106 Å². The highest BCUT2D eigenvalue weighted by Crippen LogP contribution is 2.05. The quantitative estimate of drug-likeness (QED) is 0.746. The molecule has 0 bridgehead atoms. The van der Waals surface area contributed by atoms with Gasteiger partial charge in [0, 0.05) is 6.08 Å². The number of primary amides is 1. The van der Waals surface area contributed by atoms with Crippen molar-refractivity contribution in [1.82, 2.24) is 5.32 Å². The summed E-state index contributed by atoms with van der Waals surface area (Å²) in [6.45, 7) is 3.92. The summed E-state index contributed by atoms with van der Waals surface area (Å²) in [6.07, 6.45) is 4.89. The number of nitrogens with two attached hydrogens (primary N) is 1. The van der Waals surface area contributed by atoms with Gasteiger partial charge in [0.15, 0.2) is 0 Å². The zero-order valence-electron chi connectivity index (χ0n) is 10.6. The van der Waals surface area contributed by atoms with Crippen molar-refractivity contribution in [2.45, 2.75) is 26.3 Å². The molecule has 0 radical (unpaired) electrons. The molecule has 0 aliphatic heterocycles. The van der Waals surface area contributed by atoms with Gasteiger partial charge < -0.3 is 15.5 Å². The second kappa shape index (κ2) is 6.64. The van der Waals surface area contributed by atoms with E-state index >= 15 is 0 Å². The van der Waals surface area contributed by atoms with Crippen LogP contribution in [0.25, 0.3) is 6.08 Å². The summed E-state index contributed by atoms with van der Waals surface area (Å²) in [5.41, 5.74) is 5.23. The Morgan fingerprint density at radius 3 is 2.72 bits per heavy atom. The first-order valence-corrected chi connectivity index (χ1v) is 5.80. The van der Waals surface area contributed by atoms with Gasteiger partial charge in [-0.25, -0.2) is 0 Å². The van der Waals surface area contributed by atoms with Crippen LogP contribution in [0.3, 0.4) is 0 Å². The van der Waals surface area contributed by atoms with Gasteiger partial charge in [-0.15, -0.1) is 0 Å². The summed E-state index contributed by atoms with van der Waals surface area (Å²) in [4.78, 5) is 22.8.